The molecule has 0 aromatic carbocycles. The Kier molecular flexibility index (Phi) is 5.77. The number of fused-ring (bicyclic) bond motifs is 3. The molecule has 3 aromatic heterocycles. The molecular formula is C23H30N4OS2. The first-order valence-corrected chi connectivity index (χ1v) is 13.0. The number of thiophene rings is 1. The van der Waals surface area contributed by atoms with E-state index in [2.05, 4.69) is 10.3 Å². The van der Waals surface area contributed by atoms with Crippen molar-refractivity contribution < 1.29 is 0 Å². The quantitative estimate of drug-likeness (QED) is 0.578. The Morgan fingerprint density at radius 2 is 1.97 bits per heavy atom. The third-order valence-corrected chi connectivity index (χ3v) is 8.76. The van der Waals surface area contributed by atoms with E-state index >= 15 is 0 Å². The molecule has 0 bridgehead atoms. The Hall–Kier alpha value is -1.57. The van der Waals surface area contributed by atoms with Crippen molar-refractivity contribution in [2.45, 2.75) is 89.8 Å². The molecular weight excluding hydrogens is 412 g/mol. The molecule has 0 radical (unpaired) electrons. The normalized spacial score (nSPS) is 21.5. The van der Waals surface area contributed by atoms with E-state index in [0.29, 0.717) is 12.1 Å². The number of aromatic nitrogens is 3. The zero-order chi connectivity index (χ0) is 20.7. The van der Waals surface area contributed by atoms with Crippen LogP contribution in [0.4, 0.5) is 0 Å². The lowest BCUT2D eigenvalue weighted by Gasteiger charge is -2.28. The first kappa shape index (κ1) is 20.3. The van der Waals surface area contributed by atoms with Gasteiger partial charge in [0, 0.05) is 22.3 Å². The molecule has 1 N–H and O–H groups in total. The summed E-state index contributed by atoms with van der Waals surface area (Å²) in [5.74, 6) is 0. The molecule has 0 amide bonds. The van der Waals surface area contributed by atoms with Gasteiger partial charge < -0.3 is 5.32 Å². The van der Waals surface area contributed by atoms with E-state index in [1.54, 1.807) is 33.6 Å². The summed E-state index contributed by atoms with van der Waals surface area (Å²) >= 11 is 3.35. The van der Waals surface area contributed by atoms with Gasteiger partial charge in [-0.3, -0.25) is 9.36 Å². The molecule has 2 aliphatic rings. The molecule has 3 heterocycles. The number of nitrogens with zero attached hydrogens (tertiary/aromatic N) is 3. The largest absolute Gasteiger partial charge is 0.311 e. The molecule has 1 saturated carbocycles. The van der Waals surface area contributed by atoms with Crippen LogP contribution in [-0.4, -0.2) is 26.6 Å². The topological polar surface area (TPSA) is 59.8 Å². The standard InChI is InChI=1S/C23H30N4OS2/c1-14(19-12-29-15(2)25-19)27-13-24-22-21(23(27)28)18-10-9-17(11-20(18)30-22)26-16-7-5-3-4-6-8-16/h12-14,16-17,26H,3-11H2,1-2H3/t14-,17+/m1/s1. The second-order valence-corrected chi connectivity index (χ2v) is 11.0. The molecule has 3 aromatic rings. The molecule has 0 aliphatic heterocycles. The van der Waals surface area contributed by atoms with Gasteiger partial charge in [0.2, 0.25) is 0 Å². The molecule has 160 valence electrons. The predicted octanol–water partition coefficient (Wildman–Crippen LogP) is 5.00. The number of hydrogen-bond donors (Lipinski definition) is 1. The van der Waals surface area contributed by atoms with Gasteiger partial charge in [0.05, 0.1) is 28.5 Å². The molecule has 2 atom stereocenters. The van der Waals surface area contributed by atoms with Crippen molar-refractivity contribution in [2.24, 2.45) is 0 Å². The highest BCUT2D eigenvalue weighted by Crippen LogP contribution is 2.34. The van der Waals surface area contributed by atoms with Gasteiger partial charge in [0.25, 0.3) is 5.56 Å². The second kappa shape index (κ2) is 8.52. The van der Waals surface area contributed by atoms with Crippen molar-refractivity contribution in [3.8, 4) is 0 Å². The minimum Gasteiger partial charge on any atom is -0.311 e. The van der Waals surface area contributed by atoms with Crippen LogP contribution in [-0.2, 0) is 12.8 Å². The molecule has 0 spiro atoms. The summed E-state index contributed by atoms with van der Waals surface area (Å²) in [6, 6.07) is 1.11. The van der Waals surface area contributed by atoms with E-state index in [0.717, 1.165) is 40.2 Å². The number of aryl methyl sites for hydroxylation is 2. The third-order valence-electron chi connectivity index (χ3n) is 6.80. The fourth-order valence-corrected chi connectivity index (χ4v) is 7.05. The van der Waals surface area contributed by atoms with Gasteiger partial charge in [-0.2, -0.15) is 0 Å². The maximum Gasteiger partial charge on any atom is 0.262 e. The fourth-order valence-electron chi connectivity index (χ4n) is 5.09. The van der Waals surface area contributed by atoms with Crippen molar-refractivity contribution in [2.75, 3.05) is 0 Å². The Labute approximate surface area is 185 Å². The van der Waals surface area contributed by atoms with Crippen LogP contribution >= 0.6 is 22.7 Å². The van der Waals surface area contributed by atoms with Crippen molar-refractivity contribution in [1.82, 2.24) is 19.9 Å². The SMILES string of the molecule is Cc1nc([C@@H](C)n2cnc3sc4c(c3c2=O)CC[C@H](NC2CCCCCC2)C4)cs1. The average Bonchev–Trinajstić information content (AvgIpc) is 3.23. The van der Waals surface area contributed by atoms with Crippen LogP contribution < -0.4 is 10.9 Å². The van der Waals surface area contributed by atoms with E-state index in [9.17, 15) is 4.79 Å². The minimum atomic E-state index is -0.0943. The lowest BCUT2D eigenvalue weighted by Crippen LogP contribution is -2.41. The Morgan fingerprint density at radius 3 is 2.70 bits per heavy atom. The van der Waals surface area contributed by atoms with Crippen LogP contribution in [0.5, 0.6) is 0 Å². The third kappa shape index (κ3) is 3.87. The number of nitrogens with one attached hydrogen (secondary N) is 1. The Balaban J connectivity index is 1.41. The summed E-state index contributed by atoms with van der Waals surface area (Å²) in [6.07, 6.45) is 13.0. The van der Waals surface area contributed by atoms with Crippen LogP contribution in [0.3, 0.4) is 0 Å². The first-order chi connectivity index (χ1) is 14.6. The average molecular weight is 443 g/mol. The molecule has 1 fully saturated rings. The number of hydrogen-bond acceptors (Lipinski definition) is 6. The minimum absolute atomic E-state index is 0.0887. The number of rotatable bonds is 4. The molecule has 2 aliphatic carbocycles. The van der Waals surface area contributed by atoms with Crippen molar-refractivity contribution in [1.29, 1.82) is 0 Å². The van der Waals surface area contributed by atoms with Crippen LogP contribution in [0.2, 0.25) is 0 Å². The Morgan fingerprint density at radius 1 is 1.17 bits per heavy atom. The van der Waals surface area contributed by atoms with E-state index in [-0.39, 0.29) is 11.6 Å². The predicted molar refractivity (Wildman–Crippen MR) is 125 cm³/mol. The molecule has 5 nitrogen and oxygen atoms in total. The summed E-state index contributed by atoms with van der Waals surface area (Å²) in [7, 11) is 0. The van der Waals surface area contributed by atoms with Crippen molar-refractivity contribution in [3.05, 3.63) is 43.2 Å². The monoisotopic (exact) mass is 442 g/mol. The Bertz CT molecular complexity index is 1090. The van der Waals surface area contributed by atoms with Crippen LogP contribution in [0.25, 0.3) is 10.2 Å². The summed E-state index contributed by atoms with van der Waals surface area (Å²) < 4.78 is 1.76. The van der Waals surface area contributed by atoms with Gasteiger partial charge in [0.15, 0.2) is 0 Å². The summed E-state index contributed by atoms with van der Waals surface area (Å²) in [5.41, 5.74) is 2.28. The summed E-state index contributed by atoms with van der Waals surface area (Å²) in [6.45, 7) is 4.04. The van der Waals surface area contributed by atoms with Gasteiger partial charge in [-0.1, -0.05) is 25.7 Å². The maximum absolute atomic E-state index is 13.4. The van der Waals surface area contributed by atoms with Crippen molar-refractivity contribution >= 4 is 32.9 Å². The lowest BCUT2D eigenvalue weighted by molar-refractivity contribution is 0.369. The lowest BCUT2D eigenvalue weighted by atomic mass is 9.92. The summed E-state index contributed by atoms with van der Waals surface area (Å²) in [4.78, 5) is 24.9. The molecule has 5 rings (SSSR count). The van der Waals surface area contributed by atoms with E-state index in [1.165, 1.54) is 49.0 Å². The van der Waals surface area contributed by atoms with Gasteiger partial charge in [-0.05, 0) is 51.5 Å². The van der Waals surface area contributed by atoms with E-state index < -0.39 is 0 Å². The second-order valence-electron chi connectivity index (χ2n) is 8.90. The van der Waals surface area contributed by atoms with Crippen LogP contribution in [0.1, 0.15) is 79.1 Å². The molecule has 7 heteroatoms. The van der Waals surface area contributed by atoms with Crippen LogP contribution in [0, 0.1) is 6.92 Å². The highest BCUT2D eigenvalue weighted by atomic mass is 32.1. The molecule has 30 heavy (non-hydrogen) atoms. The van der Waals surface area contributed by atoms with Gasteiger partial charge >= 0.3 is 0 Å². The zero-order valence-electron chi connectivity index (χ0n) is 17.8. The fraction of sp³-hybridized carbons (Fsp3) is 0.609. The summed E-state index contributed by atoms with van der Waals surface area (Å²) in [5, 5.41) is 7.87. The first-order valence-electron chi connectivity index (χ1n) is 11.3. The van der Waals surface area contributed by atoms with Gasteiger partial charge in [-0.15, -0.1) is 22.7 Å². The molecule has 0 saturated heterocycles. The van der Waals surface area contributed by atoms with Gasteiger partial charge in [-0.25, -0.2) is 9.97 Å². The van der Waals surface area contributed by atoms with E-state index in [4.69, 9.17) is 4.98 Å². The zero-order valence-corrected chi connectivity index (χ0v) is 19.5. The smallest absolute Gasteiger partial charge is 0.262 e. The highest BCUT2D eigenvalue weighted by molar-refractivity contribution is 7.18. The highest BCUT2D eigenvalue weighted by Gasteiger charge is 2.27. The van der Waals surface area contributed by atoms with Gasteiger partial charge in [0.1, 0.15) is 4.83 Å². The van der Waals surface area contributed by atoms with Crippen LogP contribution in [0.15, 0.2) is 16.5 Å². The van der Waals surface area contributed by atoms with Crippen molar-refractivity contribution in [3.63, 3.8) is 0 Å². The molecule has 0 unspecified atom stereocenters. The maximum atomic E-state index is 13.4. The van der Waals surface area contributed by atoms with E-state index in [1.807, 2.05) is 19.2 Å². The number of thiazole rings is 1.